The van der Waals surface area contributed by atoms with Crippen molar-refractivity contribution in [3.05, 3.63) is 90.8 Å². The minimum atomic E-state index is -0.227. The van der Waals surface area contributed by atoms with Crippen LogP contribution in [0.5, 0.6) is 0 Å². The first-order valence-corrected chi connectivity index (χ1v) is 12.7. The maximum atomic E-state index is 12.7. The Kier molecular flexibility index (Phi) is 6.41. The number of carbonyl (C=O) groups excluding carboxylic acids is 1. The number of nitrogens with zero attached hydrogens (tertiary/aromatic N) is 4. The molecule has 6 rings (SSSR count). The Morgan fingerprint density at radius 3 is 2.55 bits per heavy atom. The van der Waals surface area contributed by atoms with E-state index in [1.54, 1.807) is 36.7 Å². The molecule has 5 aromatic rings. The van der Waals surface area contributed by atoms with E-state index in [0.717, 1.165) is 59.5 Å². The fourth-order valence-electron chi connectivity index (χ4n) is 4.88. The summed E-state index contributed by atoms with van der Waals surface area (Å²) >= 11 is 0. The molecule has 190 valence electrons. The van der Waals surface area contributed by atoms with Crippen LogP contribution in [0, 0.1) is 0 Å². The summed E-state index contributed by atoms with van der Waals surface area (Å²) < 4.78 is 2.09. The molecule has 1 fully saturated rings. The second kappa shape index (κ2) is 10.3. The molecule has 0 unspecified atom stereocenters. The highest BCUT2D eigenvalue weighted by Gasteiger charge is 2.25. The van der Waals surface area contributed by atoms with E-state index >= 15 is 0 Å². The summed E-state index contributed by atoms with van der Waals surface area (Å²) in [5, 5.41) is 15.7. The van der Waals surface area contributed by atoms with Gasteiger partial charge in [-0.2, -0.15) is 5.10 Å². The van der Waals surface area contributed by atoms with E-state index in [1.165, 1.54) is 0 Å². The van der Waals surface area contributed by atoms with Crippen LogP contribution in [0.15, 0.2) is 85.2 Å². The Morgan fingerprint density at radius 2 is 1.82 bits per heavy atom. The minimum absolute atomic E-state index is 0.182. The number of amides is 1. The number of para-hydroxylation sites is 1. The van der Waals surface area contributed by atoms with E-state index in [0.29, 0.717) is 17.2 Å². The van der Waals surface area contributed by atoms with E-state index in [-0.39, 0.29) is 11.9 Å². The molecule has 2 aromatic carbocycles. The van der Waals surface area contributed by atoms with Crippen LogP contribution in [-0.4, -0.2) is 38.7 Å². The number of nitrogen functional groups attached to an aromatic ring is 1. The van der Waals surface area contributed by atoms with Gasteiger partial charge in [0, 0.05) is 29.6 Å². The van der Waals surface area contributed by atoms with E-state index in [1.807, 2.05) is 48.5 Å². The predicted octanol–water partition coefficient (Wildman–Crippen LogP) is 5.00. The number of benzene rings is 2. The first kappa shape index (κ1) is 23.6. The third kappa shape index (κ3) is 4.67. The number of anilines is 4. The maximum Gasteiger partial charge on any atom is 0.256 e. The second-order valence-corrected chi connectivity index (χ2v) is 9.31. The number of aromatic nitrogens is 4. The normalized spacial score (nSPS) is 15.3. The molecule has 0 aliphatic carbocycles. The quantitative estimate of drug-likeness (QED) is 0.257. The summed E-state index contributed by atoms with van der Waals surface area (Å²) in [5.41, 5.74) is 11.3. The molecule has 1 amide bonds. The molecule has 1 aliphatic rings. The summed E-state index contributed by atoms with van der Waals surface area (Å²) in [6.45, 7) is 1.83. The number of pyridine rings is 2. The number of nitrogens with one attached hydrogen (secondary N) is 3. The molecule has 0 radical (unpaired) electrons. The van der Waals surface area contributed by atoms with Crippen molar-refractivity contribution in [3.8, 4) is 11.3 Å². The Morgan fingerprint density at radius 1 is 1.00 bits per heavy atom. The molecule has 9 nitrogen and oxygen atoms in total. The molecule has 1 saturated heterocycles. The first-order valence-electron chi connectivity index (χ1n) is 12.7. The summed E-state index contributed by atoms with van der Waals surface area (Å²) in [7, 11) is 0. The molecule has 38 heavy (non-hydrogen) atoms. The topological polar surface area (TPSA) is 123 Å². The number of carbonyl (C=O) groups is 1. The third-order valence-electron chi connectivity index (χ3n) is 6.75. The molecule has 5 N–H and O–H groups in total. The molecule has 1 atom stereocenters. The van der Waals surface area contributed by atoms with Crippen LogP contribution in [0.2, 0.25) is 0 Å². The molecule has 0 bridgehead atoms. The van der Waals surface area contributed by atoms with Gasteiger partial charge in [-0.25, -0.2) is 9.97 Å². The van der Waals surface area contributed by atoms with Crippen LogP contribution in [0.1, 0.15) is 29.2 Å². The SMILES string of the molecule is Nc1ncc(Nc2ccccc2)c2c1c(-c1ccc(C(=O)Nc3ccccn3)cc1)nn2[C@@H]1CCCNC1. The molecular formula is C29H28N8O. The molecule has 9 heteroatoms. The van der Waals surface area contributed by atoms with Gasteiger partial charge in [-0.05, 0) is 55.8 Å². The lowest BCUT2D eigenvalue weighted by atomic mass is 10.0. The Balaban J connectivity index is 1.41. The van der Waals surface area contributed by atoms with E-state index in [4.69, 9.17) is 10.8 Å². The Hall–Kier alpha value is -4.76. The molecule has 4 heterocycles. The number of hydrogen-bond acceptors (Lipinski definition) is 7. The summed E-state index contributed by atoms with van der Waals surface area (Å²) in [6, 6.07) is 22.9. The Labute approximate surface area is 220 Å². The fourth-order valence-corrected chi connectivity index (χ4v) is 4.88. The van der Waals surface area contributed by atoms with Gasteiger partial charge >= 0.3 is 0 Å². The van der Waals surface area contributed by atoms with E-state index in [2.05, 4.69) is 30.6 Å². The van der Waals surface area contributed by atoms with Gasteiger partial charge in [0.1, 0.15) is 17.3 Å². The van der Waals surface area contributed by atoms with Gasteiger partial charge in [0.05, 0.1) is 28.8 Å². The van der Waals surface area contributed by atoms with Crippen LogP contribution in [-0.2, 0) is 0 Å². The first-order chi connectivity index (χ1) is 18.7. The zero-order chi connectivity index (χ0) is 25.9. The van der Waals surface area contributed by atoms with E-state index < -0.39 is 0 Å². The molecule has 1 aliphatic heterocycles. The lowest BCUT2D eigenvalue weighted by molar-refractivity contribution is 0.102. The zero-order valence-electron chi connectivity index (χ0n) is 20.8. The van der Waals surface area contributed by atoms with Crippen LogP contribution < -0.4 is 21.7 Å². The van der Waals surface area contributed by atoms with Crippen molar-refractivity contribution in [2.75, 3.05) is 29.5 Å². The monoisotopic (exact) mass is 504 g/mol. The van der Waals surface area contributed by atoms with Crippen molar-refractivity contribution in [2.24, 2.45) is 0 Å². The van der Waals surface area contributed by atoms with Crippen molar-refractivity contribution < 1.29 is 4.79 Å². The summed E-state index contributed by atoms with van der Waals surface area (Å²) in [5.74, 6) is 0.694. The van der Waals surface area contributed by atoms with Crippen LogP contribution >= 0.6 is 0 Å². The van der Waals surface area contributed by atoms with Crippen molar-refractivity contribution in [1.29, 1.82) is 0 Å². The van der Waals surface area contributed by atoms with Crippen LogP contribution in [0.3, 0.4) is 0 Å². The predicted molar refractivity (Wildman–Crippen MR) is 150 cm³/mol. The van der Waals surface area contributed by atoms with Crippen molar-refractivity contribution in [3.63, 3.8) is 0 Å². The van der Waals surface area contributed by atoms with Crippen LogP contribution in [0.25, 0.3) is 22.2 Å². The lowest BCUT2D eigenvalue weighted by Gasteiger charge is -2.24. The van der Waals surface area contributed by atoms with E-state index in [9.17, 15) is 4.79 Å². The average molecular weight is 505 g/mol. The summed E-state index contributed by atoms with van der Waals surface area (Å²) in [4.78, 5) is 21.4. The second-order valence-electron chi connectivity index (χ2n) is 9.31. The number of fused-ring (bicyclic) bond motifs is 1. The number of nitrogens with two attached hydrogens (primary N) is 1. The highest BCUT2D eigenvalue weighted by molar-refractivity contribution is 6.07. The zero-order valence-corrected chi connectivity index (χ0v) is 20.8. The largest absolute Gasteiger partial charge is 0.383 e. The molecule has 3 aromatic heterocycles. The summed E-state index contributed by atoms with van der Waals surface area (Å²) in [6.07, 6.45) is 5.50. The van der Waals surface area contributed by atoms with Gasteiger partial charge in [0.15, 0.2) is 0 Å². The van der Waals surface area contributed by atoms with Crippen molar-refractivity contribution >= 4 is 39.8 Å². The van der Waals surface area contributed by atoms with Crippen LogP contribution in [0.4, 0.5) is 23.0 Å². The third-order valence-corrected chi connectivity index (χ3v) is 6.75. The number of piperidine rings is 1. The number of rotatable bonds is 6. The molecule has 0 saturated carbocycles. The minimum Gasteiger partial charge on any atom is -0.383 e. The standard InChI is InChI=1S/C29H28N8O/c30-28-25-26(19-11-13-20(14-12-19)29(38)35-24-10-4-5-16-32-24)36-37(22-9-6-15-31-17-22)27(25)23(18-33-28)34-21-7-2-1-3-8-21/h1-5,7-8,10-14,16,18,22,31,34H,6,9,15,17H2,(H2,30,33)(H,32,35,38)/t22-/m1/s1. The smallest absolute Gasteiger partial charge is 0.256 e. The van der Waals surface area contributed by atoms with Gasteiger partial charge in [-0.1, -0.05) is 36.4 Å². The van der Waals surface area contributed by atoms with Gasteiger partial charge < -0.3 is 21.7 Å². The lowest BCUT2D eigenvalue weighted by Crippen LogP contribution is -2.32. The molecule has 0 spiro atoms. The maximum absolute atomic E-state index is 12.7. The fraction of sp³-hybridized carbons (Fsp3) is 0.172. The van der Waals surface area contributed by atoms with Gasteiger partial charge in [0.2, 0.25) is 0 Å². The van der Waals surface area contributed by atoms with Crippen molar-refractivity contribution in [1.82, 2.24) is 25.1 Å². The van der Waals surface area contributed by atoms with Gasteiger partial charge in [-0.3, -0.25) is 9.48 Å². The highest BCUT2D eigenvalue weighted by atomic mass is 16.1. The number of hydrogen-bond donors (Lipinski definition) is 4. The van der Waals surface area contributed by atoms with Gasteiger partial charge in [-0.15, -0.1) is 0 Å². The Bertz CT molecular complexity index is 1560. The average Bonchev–Trinajstić information content (AvgIpc) is 3.38. The van der Waals surface area contributed by atoms with Gasteiger partial charge in [0.25, 0.3) is 5.91 Å². The highest BCUT2D eigenvalue weighted by Crippen LogP contribution is 2.38. The van der Waals surface area contributed by atoms with Crippen molar-refractivity contribution in [2.45, 2.75) is 18.9 Å². The molecular weight excluding hydrogens is 476 g/mol.